The molecule has 0 amide bonds. The van der Waals surface area contributed by atoms with Crippen molar-refractivity contribution in [3.8, 4) is 0 Å². The van der Waals surface area contributed by atoms with Crippen molar-refractivity contribution in [1.29, 1.82) is 0 Å². The molecule has 6 nitrogen and oxygen atoms in total. The summed E-state index contributed by atoms with van der Waals surface area (Å²) < 4.78 is 12.0. The standard InChI is InChI=1S/C14H19N3O3/c1-14(2,3)20-13(18)11-9-6-5-7-10(15)12(9)17(16-11)8-19-4/h5-7H,8,15H2,1-4H3. The number of anilines is 1. The molecule has 2 aromatic rings. The molecule has 0 aliphatic rings. The maximum absolute atomic E-state index is 12.2. The van der Waals surface area contributed by atoms with Gasteiger partial charge in [-0.3, -0.25) is 0 Å². The van der Waals surface area contributed by atoms with Crippen LogP contribution in [0.25, 0.3) is 10.9 Å². The van der Waals surface area contributed by atoms with Gasteiger partial charge in [-0.1, -0.05) is 12.1 Å². The van der Waals surface area contributed by atoms with Crippen molar-refractivity contribution in [1.82, 2.24) is 9.78 Å². The zero-order valence-electron chi connectivity index (χ0n) is 12.1. The van der Waals surface area contributed by atoms with Gasteiger partial charge in [0.2, 0.25) is 0 Å². The SMILES string of the molecule is COCn1nc(C(=O)OC(C)(C)C)c2cccc(N)c21. The number of para-hydroxylation sites is 1. The fourth-order valence-electron chi connectivity index (χ4n) is 1.96. The molecule has 6 heteroatoms. The first kappa shape index (κ1) is 14.3. The number of carbonyl (C=O) groups is 1. The van der Waals surface area contributed by atoms with Crippen LogP contribution in [0, 0.1) is 0 Å². The lowest BCUT2D eigenvalue weighted by atomic mass is 10.1. The van der Waals surface area contributed by atoms with Crippen LogP contribution in [0.3, 0.4) is 0 Å². The monoisotopic (exact) mass is 277 g/mol. The van der Waals surface area contributed by atoms with Crippen LogP contribution in [-0.4, -0.2) is 28.5 Å². The van der Waals surface area contributed by atoms with E-state index < -0.39 is 11.6 Å². The molecule has 108 valence electrons. The van der Waals surface area contributed by atoms with Gasteiger partial charge in [0, 0.05) is 12.5 Å². The first-order chi connectivity index (χ1) is 9.33. The fourth-order valence-corrected chi connectivity index (χ4v) is 1.96. The number of carbonyl (C=O) groups excluding carboxylic acids is 1. The van der Waals surface area contributed by atoms with Crippen molar-refractivity contribution in [2.45, 2.75) is 33.1 Å². The van der Waals surface area contributed by atoms with Gasteiger partial charge in [-0.2, -0.15) is 5.10 Å². The Morgan fingerprint density at radius 3 is 2.70 bits per heavy atom. The minimum atomic E-state index is -0.575. The van der Waals surface area contributed by atoms with Gasteiger partial charge < -0.3 is 15.2 Å². The maximum atomic E-state index is 12.2. The highest BCUT2D eigenvalue weighted by Crippen LogP contribution is 2.25. The summed E-state index contributed by atoms with van der Waals surface area (Å²) in [5, 5.41) is 4.92. The third kappa shape index (κ3) is 2.75. The Morgan fingerprint density at radius 1 is 1.40 bits per heavy atom. The van der Waals surface area contributed by atoms with Crippen molar-refractivity contribution in [3.63, 3.8) is 0 Å². The Bertz CT molecular complexity index is 641. The number of nitrogens with zero attached hydrogens (tertiary/aromatic N) is 2. The fraction of sp³-hybridized carbons (Fsp3) is 0.429. The molecule has 0 radical (unpaired) electrons. The first-order valence-electron chi connectivity index (χ1n) is 6.31. The number of benzene rings is 1. The maximum Gasteiger partial charge on any atom is 0.360 e. The lowest BCUT2D eigenvalue weighted by Gasteiger charge is -2.18. The van der Waals surface area contributed by atoms with Crippen molar-refractivity contribution in [3.05, 3.63) is 23.9 Å². The number of methoxy groups -OCH3 is 1. The molecule has 0 aliphatic carbocycles. The van der Waals surface area contributed by atoms with Gasteiger partial charge in [0.15, 0.2) is 5.69 Å². The Morgan fingerprint density at radius 2 is 2.10 bits per heavy atom. The number of aromatic nitrogens is 2. The minimum absolute atomic E-state index is 0.216. The summed E-state index contributed by atoms with van der Waals surface area (Å²) in [5.74, 6) is -0.469. The van der Waals surface area contributed by atoms with Gasteiger partial charge in [0.25, 0.3) is 0 Å². The van der Waals surface area contributed by atoms with Crippen LogP contribution in [-0.2, 0) is 16.2 Å². The van der Waals surface area contributed by atoms with Gasteiger partial charge in [0.05, 0.1) is 11.2 Å². The zero-order valence-corrected chi connectivity index (χ0v) is 12.1. The van der Waals surface area contributed by atoms with Crippen LogP contribution in [0.4, 0.5) is 5.69 Å². The molecule has 1 aromatic carbocycles. The van der Waals surface area contributed by atoms with Crippen molar-refractivity contribution in [2.24, 2.45) is 0 Å². The highest BCUT2D eigenvalue weighted by molar-refractivity contribution is 6.05. The number of hydrogen-bond acceptors (Lipinski definition) is 5. The molecular weight excluding hydrogens is 258 g/mol. The topological polar surface area (TPSA) is 79.4 Å². The van der Waals surface area contributed by atoms with E-state index in [-0.39, 0.29) is 12.4 Å². The van der Waals surface area contributed by atoms with Crippen LogP contribution in [0.2, 0.25) is 0 Å². The van der Waals surface area contributed by atoms with E-state index in [0.717, 1.165) is 0 Å². The van der Waals surface area contributed by atoms with Crippen molar-refractivity contribution >= 4 is 22.6 Å². The number of esters is 1. The predicted octanol–water partition coefficient (Wildman–Crippen LogP) is 2.18. The van der Waals surface area contributed by atoms with Crippen LogP contribution < -0.4 is 5.73 Å². The van der Waals surface area contributed by atoms with Crippen LogP contribution in [0.1, 0.15) is 31.3 Å². The van der Waals surface area contributed by atoms with Gasteiger partial charge in [-0.05, 0) is 26.8 Å². The van der Waals surface area contributed by atoms with E-state index in [1.165, 1.54) is 0 Å². The summed E-state index contributed by atoms with van der Waals surface area (Å²) in [7, 11) is 1.56. The lowest BCUT2D eigenvalue weighted by molar-refractivity contribution is 0.00625. The average molecular weight is 277 g/mol. The molecule has 0 unspecified atom stereocenters. The molecule has 20 heavy (non-hydrogen) atoms. The van der Waals surface area contributed by atoms with E-state index in [4.69, 9.17) is 15.2 Å². The molecule has 0 fully saturated rings. The second-order valence-corrected chi connectivity index (χ2v) is 5.51. The van der Waals surface area contributed by atoms with E-state index in [1.54, 1.807) is 30.0 Å². The van der Waals surface area contributed by atoms with Crippen LogP contribution in [0.5, 0.6) is 0 Å². The van der Waals surface area contributed by atoms with Crippen LogP contribution >= 0.6 is 0 Å². The first-order valence-corrected chi connectivity index (χ1v) is 6.31. The molecule has 0 spiro atoms. The highest BCUT2D eigenvalue weighted by atomic mass is 16.6. The number of nitrogens with two attached hydrogens (primary N) is 1. The largest absolute Gasteiger partial charge is 0.455 e. The Labute approximate surface area is 117 Å². The summed E-state index contributed by atoms with van der Waals surface area (Å²) in [4.78, 5) is 12.2. The number of hydrogen-bond donors (Lipinski definition) is 1. The predicted molar refractivity (Wildman–Crippen MR) is 76.3 cm³/mol. The van der Waals surface area contributed by atoms with Crippen molar-refractivity contribution in [2.75, 3.05) is 12.8 Å². The minimum Gasteiger partial charge on any atom is -0.455 e. The highest BCUT2D eigenvalue weighted by Gasteiger charge is 2.24. The number of rotatable bonds is 3. The van der Waals surface area contributed by atoms with E-state index in [9.17, 15) is 4.79 Å². The third-order valence-electron chi connectivity index (χ3n) is 2.64. The van der Waals surface area contributed by atoms with E-state index in [2.05, 4.69) is 5.10 Å². The van der Waals surface area contributed by atoms with E-state index in [1.807, 2.05) is 20.8 Å². The molecule has 0 aliphatic heterocycles. The second-order valence-electron chi connectivity index (χ2n) is 5.51. The quantitative estimate of drug-likeness (QED) is 0.687. The number of ether oxygens (including phenoxy) is 2. The molecule has 0 bridgehead atoms. The Kier molecular flexibility index (Phi) is 3.67. The van der Waals surface area contributed by atoms with Gasteiger partial charge in [-0.15, -0.1) is 0 Å². The summed E-state index contributed by atoms with van der Waals surface area (Å²) >= 11 is 0. The summed E-state index contributed by atoms with van der Waals surface area (Å²) in [6.45, 7) is 5.66. The summed E-state index contributed by atoms with van der Waals surface area (Å²) in [6, 6.07) is 5.34. The van der Waals surface area contributed by atoms with Gasteiger partial charge >= 0.3 is 5.97 Å². The summed E-state index contributed by atoms with van der Waals surface area (Å²) in [6.07, 6.45) is 0. The van der Waals surface area contributed by atoms with Gasteiger partial charge in [-0.25, -0.2) is 9.48 Å². The smallest absolute Gasteiger partial charge is 0.360 e. The molecule has 0 saturated carbocycles. The van der Waals surface area contributed by atoms with Crippen molar-refractivity contribution < 1.29 is 14.3 Å². The molecule has 0 atom stereocenters. The molecule has 2 N–H and O–H groups in total. The lowest BCUT2D eigenvalue weighted by Crippen LogP contribution is -2.24. The Hall–Kier alpha value is -2.08. The molecule has 1 heterocycles. The van der Waals surface area contributed by atoms with Crippen LogP contribution in [0.15, 0.2) is 18.2 Å². The number of nitrogen functional groups attached to an aromatic ring is 1. The Balaban J connectivity index is 2.54. The number of fused-ring (bicyclic) bond motifs is 1. The van der Waals surface area contributed by atoms with Gasteiger partial charge in [0.1, 0.15) is 12.3 Å². The average Bonchev–Trinajstić information content (AvgIpc) is 2.68. The molecular formula is C14H19N3O3. The molecule has 0 saturated heterocycles. The summed E-state index contributed by atoms with van der Waals surface area (Å²) in [5.41, 5.74) is 6.85. The third-order valence-corrected chi connectivity index (χ3v) is 2.64. The molecule has 2 rings (SSSR count). The zero-order chi connectivity index (χ0) is 14.9. The molecule has 1 aromatic heterocycles. The van der Waals surface area contributed by atoms with E-state index >= 15 is 0 Å². The second kappa shape index (κ2) is 5.13. The van der Waals surface area contributed by atoms with E-state index in [0.29, 0.717) is 16.6 Å². The normalized spacial score (nSPS) is 11.8.